The highest BCUT2D eigenvalue weighted by molar-refractivity contribution is 5.25. The van der Waals surface area contributed by atoms with Crippen LogP contribution in [0.3, 0.4) is 0 Å². The summed E-state index contributed by atoms with van der Waals surface area (Å²) < 4.78 is 1.76. The van der Waals surface area contributed by atoms with E-state index in [9.17, 15) is 0 Å². The van der Waals surface area contributed by atoms with Gasteiger partial charge >= 0.3 is 0 Å². The van der Waals surface area contributed by atoms with Gasteiger partial charge in [-0.05, 0) is 23.5 Å². The quantitative estimate of drug-likeness (QED) is 0.877. The molecule has 4 heteroatoms. The second-order valence-electron chi connectivity index (χ2n) is 5.06. The number of nitrogens with two attached hydrogens (primary N) is 1. The second-order valence-corrected chi connectivity index (χ2v) is 5.06. The van der Waals surface area contributed by atoms with Gasteiger partial charge in [-0.15, -0.1) is 0 Å². The molecular weight excluding hydrogens is 224 g/mol. The lowest BCUT2D eigenvalue weighted by atomic mass is 10.00. The minimum Gasteiger partial charge on any atom is -0.322 e. The van der Waals surface area contributed by atoms with Gasteiger partial charge in [0.2, 0.25) is 0 Å². The van der Waals surface area contributed by atoms with Gasteiger partial charge in [0.1, 0.15) is 12.7 Å². The van der Waals surface area contributed by atoms with Crippen molar-refractivity contribution >= 4 is 0 Å². The second kappa shape index (κ2) is 5.78. The van der Waals surface area contributed by atoms with Crippen molar-refractivity contribution in [3.8, 4) is 0 Å². The average molecular weight is 244 g/mol. The van der Waals surface area contributed by atoms with E-state index in [1.165, 1.54) is 11.9 Å². The SMILES string of the molecule is CC(C)Cc1ccc(C(N)Cn2cncn2)cc1. The van der Waals surface area contributed by atoms with Gasteiger partial charge in [0.05, 0.1) is 6.54 Å². The van der Waals surface area contributed by atoms with E-state index in [1.54, 1.807) is 11.0 Å². The fourth-order valence-corrected chi connectivity index (χ4v) is 2.01. The average Bonchev–Trinajstić information content (AvgIpc) is 2.82. The first-order chi connectivity index (χ1) is 8.65. The molecule has 0 radical (unpaired) electrons. The number of hydrogen-bond donors (Lipinski definition) is 1. The zero-order valence-electron chi connectivity index (χ0n) is 11.0. The molecule has 1 aromatic carbocycles. The van der Waals surface area contributed by atoms with E-state index in [4.69, 9.17) is 5.73 Å². The Labute approximate surface area is 108 Å². The Morgan fingerprint density at radius 1 is 1.22 bits per heavy atom. The first-order valence-corrected chi connectivity index (χ1v) is 6.32. The summed E-state index contributed by atoms with van der Waals surface area (Å²) in [4.78, 5) is 3.91. The predicted octanol–water partition coefficient (Wildman–Crippen LogP) is 2.18. The van der Waals surface area contributed by atoms with E-state index in [-0.39, 0.29) is 6.04 Å². The van der Waals surface area contributed by atoms with Crippen molar-refractivity contribution in [2.24, 2.45) is 11.7 Å². The summed E-state index contributed by atoms with van der Waals surface area (Å²) in [5, 5.41) is 4.06. The van der Waals surface area contributed by atoms with Gasteiger partial charge in [-0.1, -0.05) is 38.1 Å². The number of aromatic nitrogens is 3. The largest absolute Gasteiger partial charge is 0.322 e. The van der Waals surface area contributed by atoms with Crippen LogP contribution in [0.25, 0.3) is 0 Å². The Morgan fingerprint density at radius 3 is 2.50 bits per heavy atom. The summed E-state index contributed by atoms with van der Waals surface area (Å²) in [5.41, 5.74) is 8.65. The van der Waals surface area contributed by atoms with E-state index in [1.807, 2.05) is 0 Å². The summed E-state index contributed by atoms with van der Waals surface area (Å²) >= 11 is 0. The molecule has 1 heterocycles. The molecule has 0 aliphatic carbocycles. The Balaban J connectivity index is 2.00. The highest BCUT2D eigenvalue weighted by atomic mass is 15.3. The summed E-state index contributed by atoms with van der Waals surface area (Å²) in [7, 11) is 0. The van der Waals surface area contributed by atoms with Crippen LogP contribution in [0, 0.1) is 5.92 Å². The van der Waals surface area contributed by atoms with Crippen LogP contribution in [-0.4, -0.2) is 14.8 Å². The molecule has 0 spiro atoms. The summed E-state index contributed by atoms with van der Waals surface area (Å²) in [5.74, 6) is 0.680. The monoisotopic (exact) mass is 244 g/mol. The third-order valence-corrected chi connectivity index (χ3v) is 2.90. The number of nitrogens with zero attached hydrogens (tertiary/aromatic N) is 3. The van der Waals surface area contributed by atoms with Crippen LogP contribution in [0.4, 0.5) is 0 Å². The van der Waals surface area contributed by atoms with Crippen molar-refractivity contribution in [2.75, 3.05) is 0 Å². The molecular formula is C14H20N4. The van der Waals surface area contributed by atoms with Crippen molar-refractivity contribution in [2.45, 2.75) is 32.9 Å². The fraction of sp³-hybridized carbons (Fsp3) is 0.429. The standard InChI is InChI=1S/C14H20N4/c1-11(2)7-12-3-5-13(6-4-12)14(15)8-18-10-16-9-17-18/h3-6,9-11,14H,7-8,15H2,1-2H3. The lowest BCUT2D eigenvalue weighted by Gasteiger charge is -2.13. The molecule has 0 fully saturated rings. The fourth-order valence-electron chi connectivity index (χ4n) is 2.01. The molecule has 0 saturated carbocycles. The van der Waals surface area contributed by atoms with E-state index < -0.39 is 0 Å². The van der Waals surface area contributed by atoms with E-state index in [0.29, 0.717) is 12.5 Å². The maximum Gasteiger partial charge on any atom is 0.137 e. The highest BCUT2D eigenvalue weighted by Crippen LogP contribution is 2.15. The minimum absolute atomic E-state index is 0.0419. The van der Waals surface area contributed by atoms with Gasteiger partial charge in [0, 0.05) is 6.04 Å². The number of hydrogen-bond acceptors (Lipinski definition) is 3. The minimum atomic E-state index is -0.0419. The maximum absolute atomic E-state index is 6.15. The Kier molecular flexibility index (Phi) is 4.10. The molecule has 1 atom stereocenters. The van der Waals surface area contributed by atoms with Crippen molar-refractivity contribution < 1.29 is 0 Å². The Morgan fingerprint density at radius 2 is 1.94 bits per heavy atom. The molecule has 0 aliphatic heterocycles. The van der Waals surface area contributed by atoms with Crippen LogP contribution in [0.15, 0.2) is 36.9 Å². The Bertz CT molecular complexity index is 459. The van der Waals surface area contributed by atoms with E-state index in [2.05, 4.69) is 48.2 Å². The number of rotatable bonds is 5. The summed E-state index contributed by atoms with van der Waals surface area (Å²) in [6.07, 6.45) is 4.32. The van der Waals surface area contributed by atoms with Crippen molar-refractivity contribution in [1.82, 2.24) is 14.8 Å². The third kappa shape index (κ3) is 3.40. The molecule has 2 N–H and O–H groups in total. The molecule has 4 nitrogen and oxygen atoms in total. The third-order valence-electron chi connectivity index (χ3n) is 2.90. The van der Waals surface area contributed by atoms with Crippen molar-refractivity contribution in [3.63, 3.8) is 0 Å². The van der Waals surface area contributed by atoms with Crippen LogP contribution in [-0.2, 0) is 13.0 Å². The number of benzene rings is 1. The highest BCUT2D eigenvalue weighted by Gasteiger charge is 2.07. The molecule has 18 heavy (non-hydrogen) atoms. The molecule has 1 aromatic heterocycles. The summed E-state index contributed by atoms with van der Waals surface area (Å²) in [6, 6.07) is 8.51. The molecule has 0 amide bonds. The smallest absolute Gasteiger partial charge is 0.137 e. The lowest BCUT2D eigenvalue weighted by molar-refractivity contribution is 0.526. The van der Waals surface area contributed by atoms with Crippen molar-refractivity contribution in [3.05, 3.63) is 48.0 Å². The zero-order chi connectivity index (χ0) is 13.0. The van der Waals surface area contributed by atoms with Gasteiger partial charge < -0.3 is 5.73 Å². The molecule has 2 aromatic rings. The molecule has 0 aliphatic rings. The van der Waals surface area contributed by atoms with E-state index in [0.717, 1.165) is 12.0 Å². The predicted molar refractivity (Wildman–Crippen MR) is 71.9 cm³/mol. The summed E-state index contributed by atoms with van der Waals surface area (Å²) in [6.45, 7) is 5.11. The maximum atomic E-state index is 6.15. The molecule has 0 saturated heterocycles. The normalized spacial score (nSPS) is 12.9. The van der Waals surface area contributed by atoms with Gasteiger partial charge in [0.15, 0.2) is 0 Å². The van der Waals surface area contributed by atoms with Crippen LogP contribution < -0.4 is 5.73 Å². The molecule has 1 unspecified atom stereocenters. The van der Waals surface area contributed by atoms with Crippen LogP contribution in [0.5, 0.6) is 0 Å². The van der Waals surface area contributed by atoms with Gasteiger partial charge in [0.25, 0.3) is 0 Å². The Hall–Kier alpha value is -1.68. The van der Waals surface area contributed by atoms with Crippen LogP contribution in [0.2, 0.25) is 0 Å². The lowest BCUT2D eigenvalue weighted by Crippen LogP contribution is -2.18. The van der Waals surface area contributed by atoms with E-state index >= 15 is 0 Å². The molecule has 0 bridgehead atoms. The van der Waals surface area contributed by atoms with Crippen LogP contribution >= 0.6 is 0 Å². The molecule has 96 valence electrons. The zero-order valence-corrected chi connectivity index (χ0v) is 11.0. The van der Waals surface area contributed by atoms with Gasteiger partial charge in [-0.3, -0.25) is 4.68 Å². The van der Waals surface area contributed by atoms with Gasteiger partial charge in [-0.2, -0.15) is 5.10 Å². The van der Waals surface area contributed by atoms with Gasteiger partial charge in [-0.25, -0.2) is 4.98 Å². The van der Waals surface area contributed by atoms with Crippen molar-refractivity contribution in [1.29, 1.82) is 0 Å². The first-order valence-electron chi connectivity index (χ1n) is 6.32. The first kappa shape index (κ1) is 12.8. The van der Waals surface area contributed by atoms with Crippen LogP contribution in [0.1, 0.15) is 31.0 Å². The molecule has 2 rings (SSSR count). The topological polar surface area (TPSA) is 56.7 Å².